The molecule has 7 heteroatoms. The summed E-state index contributed by atoms with van der Waals surface area (Å²) >= 11 is 1.43. The summed E-state index contributed by atoms with van der Waals surface area (Å²) in [5.41, 5.74) is 2.25. The molecule has 0 radical (unpaired) electrons. The Morgan fingerprint density at radius 1 is 0.862 bits per heavy atom. The molecule has 1 heterocycles. The Bertz CT molecular complexity index is 1020. The second-order valence-electron chi connectivity index (χ2n) is 6.30. The lowest BCUT2D eigenvalue weighted by atomic mass is 10.1. The Labute approximate surface area is 173 Å². The molecule has 0 atom stereocenters. The van der Waals surface area contributed by atoms with Crippen LogP contribution in [-0.2, 0) is 0 Å². The van der Waals surface area contributed by atoms with Crippen molar-refractivity contribution in [2.45, 2.75) is 13.3 Å². The maximum Gasteiger partial charge on any atom is 0.257 e. The van der Waals surface area contributed by atoms with Crippen LogP contribution in [0, 0.1) is 0 Å². The molecule has 148 valence electrons. The molecule has 3 aromatic rings. The molecule has 6 nitrogen and oxygen atoms in total. The maximum absolute atomic E-state index is 12.8. The van der Waals surface area contributed by atoms with Crippen LogP contribution in [0.15, 0.2) is 65.4 Å². The van der Waals surface area contributed by atoms with Crippen LogP contribution in [0.25, 0.3) is 0 Å². The van der Waals surface area contributed by atoms with Crippen molar-refractivity contribution in [2.75, 3.05) is 17.2 Å². The fourth-order valence-electron chi connectivity index (χ4n) is 2.66. The average molecular weight is 407 g/mol. The van der Waals surface area contributed by atoms with Crippen LogP contribution < -0.4 is 16.0 Å². The number of rotatable bonds is 7. The van der Waals surface area contributed by atoms with Crippen LogP contribution in [0.1, 0.15) is 44.4 Å². The van der Waals surface area contributed by atoms with E-state index in [0.717, 1.165) is 6.42 Å². The Kier molecular flexibility index (Phi) is 6.76. The molecule has 3 rings (SSSR count). The van der Waals surface area contributed by atoms with Crippen molar-refractivity contribution in [3.63, 3.8) is 0 Å². The van der Waals surface area contributed by atoms with Crippen molar-refractivity contribution >= 4 is 40.4 Å². The van der Waals surface area contributed by atoms with Crippen LogP contribution in [0.4, 0.5) is 11.4 Å². The molecule has 0 unspecified atom stereocenters. The third kappa shape index (κ3) is 5.30. The molecular weight excluding hydrogens is 386 g/mol. The molecule has 0 fully saturated rings. The molecule has 2 aromatic carbocycles. The van der Waals surface area contributed by atoms with Gasteiger partial charge >= 0.3 is 0 Å². The smallest absolute Gasteiger partial charge is 0.257 e. The third-order valence-electron chi connectivity index (χ3n) is 4.12. The average Bonchev–Trinajstić information content (AvgIpc) is 3.27. The highest BCUT2D eigenvalue weighted by atomic mass is 32.1. The van der Waals surface area contributed by atoms with Crippen molar-refractivity contribution in [3.05, 3.63) is 82.0 Å². The molecule has 3 amide bonds. The van der Waals surface area contributed by atoms with Gasteiger partial charge in [-0.2, -0.15) is 11.3 Å². The molecular formula is C22H21N3O3S. The van der Waals surface area contributed by atoms with E-state index in [1.54, 1.807) is 60.0 Å². The lowest BCUT2D eigenvalue weighted by Gasteiger charge is -2.12. The summed E-state index contributed by atoms with van der Waals surface area (Å²) < 4.78 is 0. The van der Waals surface area contributed by atoms with Gasteiger partial charge in [0, 0.05) is 23.2 Å². The van der Waals surface area contributed by atoms with E-state index in [9.17, 15) is 14.4 Å². The van der Waals surface area contributed by atoms with Gasteiger partial charge in [0.05, 0.1) is 16.8 Å². The third-order valence-corrected chi connectivity index (χ3v) is 4.80. The van der Waals surface area contributed by atoms with Gasteiger partial charge < -0.3 is 16.0 Å². The monoisotopic (exact) mass is 407 g/mol. The number of thiophene rings is 1. The van der Waals surface area contributed by atoms with Crippen LogP contribution in [0.2, 0.25) is 0 Å². The van der Waals surface area contributed by atoms with Gasteiger partial charge in [-0.05, 0) is 48.2 Å². The zero-order valence-electron chi connectivity index (χ0n) is 15.9. The van der Waals surface area contributed by atoms with Crippen molar-refractivity contribution in [3.8, 4) is 0 Å². The van der Waals surface area contributed by atoms with Gasteiger partial charge in [0.15, 0.2) is 0 Å². The van der Waals surface area contributed by atoms with Crippen molar-refractivity contribution in [2.24, 2.45) is 0 Å². The Balaban J connectivity index is 1.75. The van der Waals surface area contributed by atoms with E-state index in [1.807, 2.05) is 12.3 Å². The molecule has 29 heavy (non-hydrogen) atoms. The van der Waals surface area contributed by atoms with Gasteiger partial charge in [-0.25, -0.2) is 0 Å². The second kappa shape index (κ2) is 9.66. The quantitative estimate of drug-likeness (QED) is 0.543. The number of hydrogen-bond acceptors (Lipinski definition) is 4. The predicted octanol–water partition coefficient (Wildman–Crippen LogP) is 4.39. The van der Waals surface area contributed by atoms with E-state index in [-0.39, 0.29) is 17.7 Å². The summed E-state index contributed by atoms with van der Waals surface area (Å²) in [5.74, 6) is -0.843. The fourth-order valence-corrected chi connectivity index (χ4v) is 3.29. The molecule has 0 saturated carbocycles. The van der Waals surface area contributed by atoms with Gasteiger partial charge in [0.1, 0.15) is 0 Å². The highest BCUT2D eigenvalue weighted by molar-refractivity contribution is 7.08. The maximum atomic E-state index is 12.8. The van der Waals surface area contributed by atoms with Crippen molar-refractivity contribution in [1.82, 2.24) is 5.32 Å². The highest BCUT2D eigenvalue weighted by Crippen LogP contribution is 2.19. The Morgan fingerprint density at radius 3 is 2.45 bits per heavy atom. The number of nitrogens with one attached hydrogen (secondary N) is 3. The van der Waals surface area contributed by atoms with Gasteiger partial charge in [-0.1, -0.05) is 25.1 Å². The van der Waals surface area contributed by atoms with E-state index < -0.39 is 0 Å². The zero-order chi connectivity index (χ0) is 20.6. The summed E-state index contributed by atoms with van der Waals surface area (Å²) in [6.07, 6.45) is 0.843. The van der Waals surface area contributed by atoms with E-state index >= 15 is 0 Å². The predicted molar refractivity (Wildman–Crippen MR) is 116 cm³/mol. The van der Waals surface area contributed by atoms with Gasteiger partial charge in [-0.3, -0.25) is 14.4 Å². The van der Waals surface area contributed by atoms with Crippen LogP contribution >= 0.6 is 11.3 Å². The minimum absolute atomic E-state index is 0.189. The second-order valence-corrected chi connectivity index (χ2v) is 7.08. The van der Waals surface area contributed by atoms with Gasteiger partial charge in [0.2, 0.25) is 0 Å². The first-order valence-electron chi connectivity index (χ1n) is 9.20. The number of amides is 3. The largest absolute Gasteiger partial charge is 0.352 e. The number of carbonyl (C=O) groups is 3. The highest BCUT2D eigenvalue weighted by Gasteiger charge is 2.15. The first-order chi connectivity index (χ1) is 14.1. The van der Waals surface area contributed by atoms with E-state index in [1.165, 1.54) is 11.3 Å². The minimum atomic E-state index is -0.377. The number of anilines is 2. The molecule has 0 saturated heterocycles. The van der Waals surface area contributed by atoms with Crippen LogP contribution in [0.5, 0.6) is 0 Å². The van der Waals surface area contributed by atoms with E-state index in [2.05, 4.69) is 16.0 Å². The van der Waals surface area contributed by atoms with E-state index in [4.69, 9.17) is 0 Å². The van der Waals surface area contributed by atoms with E-state index in [0.29, 0.717) is 34.6 Å². The summed E-state index contributed by atoms with van der Waals surface area (Å²) in [7, 11) is 0. The number of hydrogen-bond donors (Lipinski definition) is 3. The van der Waals surface area contributed by atoms with Gasteiger partial charge in [-0.15, -0.1) is 0 Å². The van der Waals surface area contributed by atoms with Crippen LogP contribution in [0.3, 0.4) is 0 Å². The summed E-state index contributed by atoms with van der Waals surface area (Å²) in [4.78, 5) is 37.3. The summed E-state index contributed by atoms with van der Waals surface area (Å²) in [6.45, 7) is 2.57. The number of para-hydroxylation sites is 1. The Hall–Kier alpha value is -3.45. The van der Waals surface area contributed by atoms with Crippen LogP contribution in [-0.4, -0.2) is 24.3 Å². The summed E-state index contributed by atoms with van der Waals surface area (Å²) in [5, 5.41) is 11.9. The zero-order valence-corrected chi connectivity index (χ0v) is 16.7. The van der Waals surface area contributed by atoms with Crippen molar-refractivity contribution < 1.29 is 14.4 Å². The number of carbonyl (C=O) groups excluding carboxylic acids is 3. The molecule has 0 aliphatic rings. The normalized spacial score (nSPS) is 10.2. The molecule has 0 bridgehead atoms. The lowest BCUT2D eigenvalue weighted by molar-refractivity contribution is 0.0951. The SMILES string of the molecule is CCCNC(=O)c1cccc(NC(=O)c2ccccc2NC(=O)c2ccsc2)c1. The first kappa shape index (κ1) is 20.3. The number of benzene rings is 2. The Morgan fingerprint density at radius 2 is 1.69 bits per heavy atom. The van der Waals surface area contributed by atoms with Crippen molar-refractivity contribution in [1.29, 1.82) is 0 Å². The summed E-state index contributed by atoms with van der Waals surface area (Å²) in [6, 6.07) is 15.2. The standard InChI is InChI=1S/C22H21N3O3S/c1-2-11-23-20(26)15-6-5-7-17(13-15)24-22(28)18-8-3-4-9-19(18)25-21(27)16-10-12-29-14-16/h3-10,12-14H,2,11H2,1H3,(H,23,26)(H,24,28)(H,25,27). The van der Waals surface area contributed by atoms with Gasteiger partial charge in [0.25, 0.3) is 17.7 Å². The molecule has 3 N–H and O–H groups in total. The lowest BCUT2D eigenvalue weighted by Crippen LogP contribution is -2.24. The topological polar surface area (TPSA) is 87.3 Å². The molecule has 0 aliphatic heterocycles. The fraction of sp³-hybridized carbons (Fsp3) is 0.136. The first-order valence-corrected chi connectivity index (χ1v) is 10.1. The molecule has 1 aromatic heterocycles. The molecule has 0 aliphatic carbocycles. The minimum Gasteiger partial charge on any atom is -0.352 e. The molecule has 0 spiro atoms.